The Morgan fingerprint density at radius 1 is 1.18 bits per heavy atom. The zero-order chi connectivity index (χ0) is 27.9. The third-order valence-corrected chi connectivity index (χ3v) is 7.47. The number of hydrogen-bond donors (Lipinski definition) is 3. The van der Waals surface area contributed by atoms with Gasteiger partial charge in [-0.05, 0) is 31.9 Å². The summed E-state index contributed by atoms with van der Waals surface area (Å²) < 4.78 is 27.5. The number of ketones is 2. The van der Waals surface area contributed by atoms with Crippen LogP contribution in [0.25, 0.3) is 11.3 Å². The molecule has 0 bridgehead atoms. The van der Waals surface area contributed by atoms with Crippen molar-refractivity contribution in [2.24, 2.45) is 0 Å². The van der Waals surface area contributed by atoms with Crippen LogP contribution in [-0.2, 0) is 4.79 Å². The molecule has 3 N–H and O–H groups in total. The first-order chi connectivity index (χ1) is 18.7. The highest BCUT2D eigenvalue weighted by Gasteiger charge is 2.30. The minimum atomic E-state index is -0.819. The Bertz CT molecular complexity index is 1270. The number of nitrogens with one attached hydrogen (secondary N) is 2. The van der Waals surface area contributed by atoms with Gasteiger partial charge in [-0.25, -0.2) is 13.8 Å². The largest absolute Gasteiger partial charge is 0.378 e. The topological polar surface area (TPSA) is 98.3 Å². The summed E-state index contributed by atoms with van der Waals surface area (Å²) >= 11 is 0. The van der Waals surface area contributed by atoms with E-state index in [1.54, 1.807) is 24.3 Å². The molecule has 0 spiro atoms. The van der Waals surface area contributed by atoms with Crippen molar-refractivity contribution in [1.29, 1.82) is 0 Å². The van der Waals surface area contributed by atoms with Gasteiger partial charge in [-0.2, -0.15) is 0 Å². The Morgan fingerprint density at radius 3 is 2.67 bits per heavy atom. The number of aliphatic hydroxyl groups excluding tert-OH is 1. The number of carbonyl (C=O) groups is 2. The molecule has 1 aromatic heterocycles. The van der Waals surface area contributed by atoms with Gasteiger partial charge in [-0.1, -0.05) is 43.7 Å². The van der Waals surface area contributed by atoms with Crippen LogP contribution < -0.4 is 5.32 Å². The van der Waals surface area contributed by atoms with E-state index in [9.17, 15) is 23.5 Å². The second-order valence-corrected chi connectivity index (χ2v) is 10.4. The molecule has 0 saturated carbocycles. The number of aliphatic hydroxyl groups is 1. The third kappa shape index (κ3) is 7.44. The first-order valence-electron chi connectivity index (χ1n) is 13.5. The van der Waals surface area contributed by atoms with Crippen LogP contribution in [0.4, 0.5) is 8.78 Å². The van der Waals surface area contributed by atoms with Crippen molar-refractivity contribution in [3.8, 4) is 11.3 Å². The average molecular weight is 539 g/mol. The molecular formula is C30H36F2N4O3. The maximum Gasteiger partial charge on any atom is 0.176 e. The highest BCUT2D eigenvalue weighted by molar-refractivity contribution is 5.98. The molecule has 2 heterocycles. The molecule has 1 saturated heterocycles. The van der Waals surface area contributed by atoms with E-state index in [0.29, 0.717) is 17.1 Å². The number of rotatable bonds is 12. The summed E-state index contributed by atoms with van der Waals surface area (Å²) in [6.07, 6.45) is 3.99. The molecule has 2 aromatic carbocycles. The lowest BCUT2D eigenvalue weighted by Gasteiger charge is -2.38. The Kier molecular flexibility index (Phi) is 9.72. The fraction of sp³-hybridized carbons (Fsp3) is 0.433. The predicted molar refractivity (Wildman–Crippen MR) is 145 cm³/mol. The molecule has 1 unspecified atom stereocenters. The van der Waals surface area contributed by atoms with Crippen molar-refractivity contribution in [3.05, 3.63) is 77.8 Å². The van der Waals surface area contributed by atoms with Gasteiger partial charge in [-0.3, -0.25) is 14.5 Å². The lowest BCUT2D eigenvalue weighted by Crippen LogP contribution is -2.50. The quantitative estimate of drug-likeness (QED) is 0.286. The summed E-state index contributed by atoms with van der Waals surface area (Å²) in [6, 6.07) is 11.6. The standard InChI is InChI=1S/C30H36F2N4O3/c1-19(30-34-17-26(35-30)23-12-11-22(31)15-24(23)32)14-27(37)25(16-29(39)36-13-7-6-8-20(36)2)33-18-28(38)21-9-4-3-5-10-21/h3-5,9-12,15,17,19-20,25,29,33,39H,6-8,13-14,16,18H2,1-2H3,(H,34,35)/t19-,20+,25+,29?/m1/s1. The van der Waals surface area contributed by atoms with Crippen molar-refractivity contribution in [1.82, 2.24) is 20.2 Å². The number of nitrogens with zero attached hydrogens (tertiary/aromatic N) is 2. The highest BCUT2D eigenvalue weighted by Crippen LogP contribution is 2.26. The number of aromatic amines is 1. The first kappa shape index (κ1) is 28.7. The van der Waals surface area contributed by atoms with Gasteiger partial charge in [0.15, 0.2) is 11.6 Å². The number of benzene rings is 2. The summed E-state index contributed by atoms with van der Waals surface area (Å²) in [4.78, 5) is 35.6. The van der Waals surface area contributed by atoms with Crippen LogP contribution in [0.5, 0.6) is 0 Å². The van der Waals surface area contributed by atoms with E-state index in [-0.39, 0.29) is 48.5 Å². The second-order valence-electron chi connectivity index (χ2n) is 10.4. The molecule has 9 heteroatoms. The zero-order valence-electron chi connectivity index (χ0n) is 22.4. The summed E-state index contributed by atoms with van der Waals surface area (Å²) in [5, 5.41) is 14.1. The van der Waals surface area contributed by atoms with Crippen molar-refractivity contribution in [2.75, 3.05) is 13.1 Å². The van der Waals surface area contributed by atoms with Crippen LogP contribution in [0.1, 0.15) is 68.1 Å². The van der Waals surface area contributed by atoms with Crippen molar-refractivity contribution in [3.63, 3.8) is 0 Å². The van der Waals surface area contributed by atoms with E-state index in [1.165, 1.54) is 18.3 Å². The number of aromatic nitrogens is 2. The molecule has 1 fully saturated rings. The van der Waals surface area contributed by atoms with Gasteiger partial charge in [0.2, 0.25) is 0 Å². The van der Waals surface area contributed by atoms with Crippen LogP contribution in [0, 0.1) is 11.6 Å². The van der Waals surface area contributed by atoms with Gasteiger partial charge in [0, 0.05) is 48.5 Å². The molecule has 7 nitrogen and oxygen atoms in total. The van der Waals surface area contributed by atoms with Gasteiger partial charge in [0.25, 0.3) is 0 Å². The minimum Gasteiger partial charge on any atom is -0.378 e. The van der Waals surface area contributed by atoms with Crippen LogP contribution in [-0.4, -0.2) is 62.9 Å². The van der Waals surface area contributed by atoms with Crippen LogP contribution in [0.15, 0.2) is 54.7 Å². The molecule has 0 radical (unpaired) electrons. The van der Waals surface area contributed by atoms with Crippen molar-refractivity contribution >= 4 is 11.6 Å². The van der Waals surface area contributed by atoms with Gasteiger partial charge in [0.05, 0.1) is 24.5 Å². The van der Waals surface area contributed by atoms with E-state index >= 15 is 0 Å². The van der Waals surface area contributed by atoms with E-state index in [4.69, 9.17) is 0 Å². The van der Waals surface area contributed by atoms with Crippen LogP contribution in [0.3, 0.4) is 0 Å². The molecule has 1 aliphatic heterocycles. The second kappa shape index (κ2) is 13.2. The van der Waals surface area contributed by atoms with Gasteiger partial charge >= 0.3 is 0 Å². The first-order valence-corrected chi connectivity index (χ1v) is 13.5. The van der Waals surface area contributed by atoms with Crippen molar-refractivity contribution in [2.45, 2.75) is 70.2 Å². The molecule has 39 heavy (non-hydrogen) atoms. The van der Waals surface area contributed by atoms with E-state index < -0.39 is 23.9 Å². The predicted octanol–water partition coefficient (Wildman–Crippen LogP) is 4.84. The number of imidazole rings is 1. The van der Waals surface area contributed by atoms with E-state index in [1.807, 2.05) is 17.9 Å². The molecule has 3 aromatic rings. The van der Waals surface area contributed by atoms with Gasteiger partial charge < -0.3 is 15.4 Å². The molecule has 4 rings (SSSR count). The lowest BCUT2D eigenvalue weighted by molar-refractivity contribution is -0.124. The molecule has 4 atom stereocenters. The van der Waals surface area contributed by atoms with Crippen LogP contribution in [0.2, 0.25) is 0 Å². The van der Waals surface area contributed by atoms with Gasteiger partial charge in [0.1, 0.15) is 23.7 Å². The Labute approximate surface area is 227 Å². The number of Topliss-reactive ketones (excluding diaryl/α,β-unsaturated/α-hetero) is 2. The Hall–Kier alpha value is -3.27. The molecule has 1 aliphatic rings. The zero-order valence-corrected chi connectivity index (χ0v) is 22.4. The monoisotopic (exact) mass is 538 g/mol. The number of carbonyl (C=O) groups excluding carboxylic acids is 2. The van der Waals surface area contributed by atoms with E-state index in [2.05, 4.69) is 22.2 Å². The van der Waals surface area contributed by atoms with Crippen molar-refractivity contribution < 1.29 is 23.5 Å². The Balaban J connectivity index is 1.45. The molecule has 0 amide bonds. The fourth-order valence-electron chi connectivity index (χ4n) is 5.15. The molecule has 0 aliphatic carbocycles. The lowest BCUT2D eigenvalue weighted by atomic mass is 9.95. The number of likely N-dealkylation sites (tertiary alicyclic amines) is 1. The molecular weight excluding hydrogens is 502 g/mol. The SMILES string of the molecule is C[C@H](CC(=O)[C@H](CC(O)N1CCCC[C@@H]1C)NCC(=O)c1ccccc1)c1ncc(-c2ccc(F)cc2F)[nH]1. The highest BCUT2D eigenvalue weighted by atomic mass is 19.1. The van der Waals surface area contributed by atoms with Gasteiger partial charge in [-0.15, -0.1) is 0 Å². The Morgan fingerprint density at radius 2 is 1.95 bits per heavy atom. The minimum absolute atomic E-state index is 0.0359. The summed E-state index contributed by atoms with van der Waals surface area (Å²) in [6.45, 7) is 4.63. The summed E-state index contributed by atoms with van der Waals surface area (Å²) in [5.41, 5.74) is 1.12. The maximum atomic E-state index is 14.2. The average Bonchev–Trinajstić information content (AvgIpc) is 3.41. The summed E-state index contributed by atoms with van der Waals surface area (Å²) in [5.74, 6) is -1.51. The fourth-order valence-corrected chi connectivity index (χ4v) is 5.15. The third-order valence-electron chi connectivity index (χ3n) is 7.47. The van der Waals surface area contributed by atoms with Crippen LogP contribution >= 0.6 is 0 Å². The number of halogens is 2. The number of piperidine rings is 1. The smallest absolute Gasteiger partial charge is 0.176 e. The van der Waals surface area contributed by atoms with E-state index in [0.717, 1.165) is 31.9 Å². The number of H-pyrrole nitrogens is 1. The normalized spacial score (nSPS) is 18.4. The summed E-state index contributed by atoms with van der Waals surface area (Å²) in [7, 11) is 0. The maximum absolute atomic E-state index is 14.2. The number of hydrogen-bond acceptors (Lipinski definition) is 6. The molecule has 208 valence electrons.